The number of likely N-dealkylation sites (N-methyl/N-ethyl adjacent to an activating group) is 1. The van der Waals surface area contributed by atoms with Crippen LogP contribution >= 0.6 is 11.6 Å². The maximum atomic E-state index is 12.4. The molecule has 1 amide bonds. The molecule has 1 aliphatic rings. The van der Waals surface area contributed by atoms with Crippen LogP contribution in [0.3, 0.4) is 0 Å². The fraction of sp³-hybridized carbons (Fsp3) is 0.350. The van der Waals surface area contributed by atoms with E-state index in [0.717, 1.165) is 44.0 Å². The first kappa shape index (κ1) is 17.8. The van der Waals surface area contributed by atoms with Gasteiger partial charge >= 0.3 is 0 Å². The zero-order valence-corrected chi connectivity index (χ0v) is 15.4. The van der Waals surface area contributed by atoms with E-state index in [0.29, 0.717) is 11.4 Å². The lowest BCUT2D eigenvalue weighted by molar-refractivity contribution is -0.880. The van der Waals surface area contributed by atoms with Crippen molar-refractivity contribution in [2.24, 2.45) is 0 Å². The summed E-state index contributed by atoms with van der Waals surface area (Å²) in [6.07, 6.45) is 1.20. The Labute approximate surface area is 154 Å². The molecule has 5 heteroatoms. The van der Waals surface area contributed by atoms with Crippen molar-refractivity contribution < 1.29 is 9.69 Å². The first-order valence-electron chi connectivity index (χ1n) is 8.81. The smallest absolute Gasteiger partial charge is 0.224 e. The third-order valence-electron chi connectivity index (χ3n) is 4.67. The molecule has 0 aromatic heterocycles. The average molecular weight is 359 g/mol. The molecule has 1 heterocycles. The van der Waals surface area contributed by atoms with E-state index in [2.05, 4.69) is 17.3 Å². The van der Waals surface area contributed by atoms with Gasteiger partial charge in [0.25, 0.3) is 0 Å². The zero-order chi connectivity index (χ0) is 17.6. The Bertz CT molecular complexity index is 712. The summed E-state index contributed by atoms with van der Waals surface area (Å²) >= 11 is 6.16. The summed E-state index contributed by atoms with van der Waals surface area (Å²) in [6.45, 7) is 4.18. The van der Waals surface area contributed by atoms with E-state index in [1.807, 2.05) is 48.5 Å². The minimum Gasteiger partial charge on any atom is -0.359 e. The van der Waals surface area contributed by atoms with Crippen molar-refractivity contribution in [1.82, 2.24) is 0 Å². The Morgan fingerprint density at radius 2 is 1.88 bits per heavy atom. The quantitative estimate of drug-likeness (QED) is 0.860. The van der Waals surface area contributed by atoms with Crippen LogP contribution in [0.1, 0.15) is 12.0 Å². The summed E-state index contributed by atoms with van der Waals surface area (Å²) in [4.78, 5) is 16.3. The number of carbonyl (C=O) groups is 1. The maximum Gasteiger partial charge on any atom is 0.224 e. The fourth-order valence-electron chi connectivity index (χ4n) is 3.13. The van der Waals surface area contributed by atoms with Gasteiger partial charge in [-0.05, 0) is 30.2 Å². The van der Waals surface area contributed by atoms with Gasteiger partial charge in [0.1, 0.15) is 0 Å². The third-order valence-corrected chi connectivity index (χ3v) is 4.91. The van der Waals surface area contributed by atoms with Gasteiger partial charge in [-0.1, -0.05) is 41.9 Å². The number of halogens is 1. The fourth-order valence-corrected chi connectivity index (χ4v) is 3.30. The topological polar surface area (TPSA) is 36.8 Å². The van der Waals surface area contributed by atoms with E-state index in [1.54, 1.807) is 4.90 Å². The lowest BCUT2D eigenvalue weighted by atomic mass is 10.1. The standard InChI is InChI=1S/C20H24ClN3O/c1-23-11-13-24(14-12-23)19-9-8-17(21)15-18(19)22-20(25)10-7-16-5-3-2-4-6-16/h2-6,8-9,15H,7,10-14H2,1H3,(H,22,25)/p+1. The Hall–Kier alpha value is -2.04. The van der Waals surface area contributed by atoms with Crippen LogP contribution in [-0.2, 0) is 11.2 Å². The van der Waals surface area contributed by atoms with Gasteiger partial charge in [-0.2, -0.15) is 0 Å². The molecule has 0 saturated carbocycles. The molecule has 2 aromatic carbocycles. The molecule has 4 nitrogen and oxygen atoms in total. The Morgan fingerprint density at radius 1 is 1.16 bits per heavy atom. The number of carbonyl (C=O) groups excluding carboxylic acids is 1. The van der Waals surface area contributed by atoms with Crippen LogP contribution in [0.4, 0.5) is 11.4 Å². The highest BCUT2D eigenvalue weighted by Crippen LogP contribution is 2.29. The van der Waals surface area contributed by atoms with Gasteiger partial charge in [-0.15, -0.1) is 0 Å². The summed E-state index contributed by atoms with van der Waals surface area (Å²) in [5, 5.41) is 3.70. The van der Waals surface area contributed by atoms with Crippen molar-refractivity contribution in [1.29, 1.82) is 0 Å². The van der Waals surface area contributed by atoms with Crippen molar-refractivity contribution in [3.05, 3.63) is 59.1 Å². The number of nitrogens with one attached hydrogen (secondary N) is 2. The van der Waals surface area contributed by atoms with Crippen LogP contribution < -0.4 is 15.1 Å². The summed E-state index contributed by atoms with van der Waals surface area (Å²) in [5.74, 6) is 0.0205. The lowest BCUT2D eigenvalue weighted by Gasteiger charge is -2.33. The van der Waals surface area contributed by atoms with E-state index in [9.17, 15) is 4.79 Å². The molecule has 1 aliphatic heterocycles. The maximum absolute atomic E-state index is 12.4. The van der Waals surface area contributed by atoms with Crippen LogP contribution in [-0.4, -0.2) is 39.1 Å². The van der Waals surface area contributed by atoms with Gasteiger partial charge in [0, 0.05) is 11.4 Å². The number of aryl methyl sites for hydroxylation is 1. The monoisotopic (exact) mass is 358 g/mol. The van der Waals surface area contributed by atoms with Crippen molar-refractivity contribution in [3.63, 3.8) is 0 Å². The number of anilines is 2. The van der Waals surface area contributed by atoms with Gasteiger partial charge in [0.05, 0.1) is 44.6 Å². The van der Waals surface area contributed by atoms with Crippen LogP contribution in [0.2, 0.25) is 5.02 Å². The minimum absolute atomic E-state index is 0.0205. The predicted octanol–water partition coefficient (Wildman–Crippen LogP) is 2.25. The molecule has 0 radical (unpaired) electrons. The molecule has 1 fully saturated rings. The molecule has 132 valence electrons. The Morgan fingerprint density at radius 3 is 2.60 bits per heavy atom. The van der Waals surface area contributed by atoms with E-state index in [1.165, 1.54) is 5.56 Å². The van der Waals surface area contributed by atoms with Gasteiger partial charge in [0.15, 0.2) is 0 Å². The second kappa shape index (κ2) is 8.37. The first-order chi connectivity index (χ1) is 12.1. The first-order valence-corrected chi connectivity index (χ1v) is 9.19. The summed E-state index contributed by atoms with van der Waals surface area (Å²) in [6, 6.07) is 15.8. The molecular weight excluding hydrogens is 334 g/mol. The number of rotatable bonds is 5. The molecule has 1 saturated heterocycles. The van der Waals surface area contributed by atoms with Gasteiger partial charge < -0.3 is 15.1 Å². The van der Waals surface area contributed by atoms with Gasteiger partial charge in [-0.3, -0.25) is 4.79 Å². The summed E-state index contributed by atoms with van der Waals surface area (Å²) < 4.78 is 0. The van der Waals surface area contributed by atoms with E-state index < -0.39 is 0 Å². The molecule has 0 unspecified atom stereocenters. The highest BCUT2D eigenvalue weighted by molar-refractivity contribution is 6.31. The molecule has 2 N–H and O–H groups in total. The van der Waals surface area contributed by atoms with Crippen molar-refractivity contribution in [3.8, 4) is 0 Å². The van der Waals surface area contributed by atoms with Crippen LogP contribution in [0.15, 0.2) is 48.5 Å². The molecule has 25 heavy (non-hydrogen) atoms. The molecule has 0 atom stereocenters. The lowest BCUT2D eigenvalue weighted by Crippen LogP contribution is -3.12. The van der Waals surface area contributed by atoms with Crippen molar-refractivity contribution in [2.75, 3.05) is 43.4 Å². The Balaban J connectivity index is 1.66. The van der Waals surface area contributed by atoms with Crippen molar-refractivity contribution in [2.45, 2.75) is 12.8 Å². The molecule has 3 rings (SSSR count). The second-order valence-electron chi connectivity index (χ2n) is 6.64. The number of quaternary nitrogens is 1. The van der Waals surface area contributed by atoms with Crippen molar-refractivity contribution >= 4 is 28.9 Å². The predicted molar refractivity (Wildman–Crippen MR) is 104 cm³/mol. The number of benzene rings is 2. The van der Waals surface area contributed by atoms with Crippen LogP contribution in [0.5, 0.6) is 0 Å². The molecule has 0 aliphatic carbocycles. The van der Waals surface area contributed by atoms with E-state index in [4.69, 9.17) is 11.6 Å². The average Bonchev–Trinajstić information content (AvgIpc) is 2.62. The molecular formula is C20H25ClN3O+. The SMILES string of the molecule is C[NH+]1CCN(c2ccc(Cl)cc2NC(=O)CCc2ccccc2)CC1. The molecule has 2 aromatic rings. The van der Waals surface area contributed by atoms with Crippen LogP contribution in [0, 0.1) is 0 Å². The largest absolute Gasteiger partial charge is 0.359 e. The minimum atomic E-state index is 0.0205. The number of hydrogen-bond acceptors (Lipinski definition) is 2. The van der Waals surface area contributed by atoms with Crippen LogP contribution in [0.25, 0.3) is 0 Å². The summed E-state index contributed by atoms with van der Waals surface area (Å²) in [5.41, 5.74) is 3.04. The highest BCUT2D eigenvalue weighted by Gasteiger charge is 2.20. The van der Waals surface area contributed by atoms with Gasteiger partial charge in [-0.25, -0.2) is 0 Å². The van der Waals surface area contributed by atoms with E-state index in [-0.39, 0.29) is 5.91 Å². The number of amides is 1. The number of nitrogens with zero attached hydrogens (tertiary/aromatic N) is 1. The van der Waals surface area contributed by atoms with E-state index >= 15 is 0 Å². The zero-order valence-electron chi connectivity index (χ0n) is 14.6. The normalized spacial score (nSPS) is 15.2. The Kier molecular flexibility index (Phi) is 5.95. The van der Waals surface area contributed by atoms with Gasteiger partial charge in [0.2, 0.25) is 5.91 Å². The number of hydrogen-bond donors (Lipinski definition) is 2. The number of piperazine rings is 1. The molecule has 0 spiro atoms. The molecule has 0 bridgehead atoms. The third kappa shape index (κ3) is 4.97. The highest BCUT2D eigenvalue weighted by atomic mass is 35.5. The second-order valence-corrected chi connectivity index (χ2v) is 7.08. The summed E-state index contributed by atoms with van der Waals surface area (Å²) in [7, 11) is 2.21.